The molecule has 0 aromatic heterocycles. The highest BCUT2D eigenvalue weighted by atomic mass is 32.1. The zero-order chi connectivity index (χ0) is 14.7. The van der Waals surface area contributed by atoms with Crippen molar-refractivity contribution in [3.05, 3.63) is 29.3 Å². The molecular formula is C17H26N2S. The third-order valence-electron chi connectivity index (χ3n) is 4.50. The van der Waals surface area contributed by atoms with Crippen LogP contribution in [0, 0.1) is 25.7 Å². The molecule has 1 saturated carbocycles. The van der Waals surface area contributed by atoms with E-state index < -0.39 is 0 Å². The van der Waals surface area contributed by atoms with Gasteiger partial charge >= 0.3 is 0 Å². The SMILES string of the molecule is Cc1cc(C)cc(NC(=S)N[C@@H]2CCC[C@H](C)[C@H]2C)c1. The van der Waals surface area contributed by atoms with E-state index in [1.165, 1.54) is 30.4 Å². The van der Waals surface area contributed by atoms with Crippen molar-refractivity contribution in [3.63, 3.8) is 0 Å². The van der Waals surface area contributed by atoms with Gasteiger partial charge < -0.3 is 10.6 Å². The summed E-state index contributed by atoms with van der Waals surface area (Å²) >= 11 is 5.47. The lowest BCUT2D eigenvalue weighted by Crippen LogP contribution is -2.45. The molecule has 0 bridgehead atoms. The van der Waals surface area contributed by atoms with Crippen molar-refractivity contribution in [2.75, 3.05) is 5.32 Å². The van der Waals surface area contributed by atoms with E-state index in [9.17, 15) is 0 Å². The first-order valence-corrected chi connectivity index (χ1v) is 8.02. The van der Waals surface area contributed by atoms with Crippen LogP contribution in [-0.4, -0.2) is 11.2 Å². The van der Waals surface area contributed by atoms with Crippen molar-refractivity contribution in [2.45, 2.75) is 53.0 Å². The van der Waals surface area contributed by atoms with Crippen molar-refractivity contribution < 1.29 is 0 Å². The van der Waals surface area contributed by atoms with Gasteiger partial charge in [0.2, 0.25) is 0 Å². The van der Waals surface area contributed by atoms with Crippen LogP contribution in [-0.2, 0) is 0 Å². The summed E-state index contributed by atoms with van der Waals surface area (Å²) in [5, 5.41) is 7.58. The highest BCUT2D eigenvalue weighted by Gasteiger charge is 2.27. The van der Waals surface area contributed by atoms with Crippen LogP contribution in [0.15, 0.2) is 18.2 Å². The molecule has 0 spiro atoms. The molecule has 1 fully saturated rings. The first kappa shape index (κ1) is 15.3. The highest BCUT2D eigenvalue weighted by Crippen LogP contribution is 2.29. The van der Waals surface area contributed by atoms with Gasteiger partial charge in [-0.05, 0) is 67.6 Å². The van der Waals surface area contributed by atoms with Crippen LogP contribution in [0.5, 0.6) is 0 Å². The molecule has 1 aromatic carbocycles. The Morgan fingerprint density at radius 2 is 1.75 bits per heavy atom. The summed E-state index contributed by atoms with van der Waals surface area (Å²) in [5.74, 6) is 1.47. The molecule has 3 atom stereocenters. The summed E-state index contributed by atoms with van der Waals surface area (Å²) in [6, 6.07) is 6.94. The highest BCUT2D eigenvalue weighted by molar-refractivity contribution is 7.80. The van der Waals surface area contributed by atoms with E-state index in [-0.39, 0.29) is 0 Å². The molecule has 110 valence electrons. The monoisotopic (exact) mass is 290 g/mol. The van der Waals surface area contributed by atoms with E-state index in [4.69, 9.17) is 12.2 Å². The Morgan fingerprint density at radius 1 is 1.10 bits per heavy atom. The topological polar surface area (TPSA) is 24.1 Å². The normalized spacial score (nSPS) is 26.1. The summed E-state index contributed by atoms with van der Waals surface area (Å²) in [5.41, 5.74) is 3.60. The van der Waals surface area contributed by atoms with Gasteiger partial charge in [-0.15, -0.1) is 0 Å². The van der Waals surface area contributed by atoms with Crippen molar-refractivity contribution in [3.8, 4) is 0 Å². The molecule has 0 heterocycles. The number of nitrogens with one attached hydrogen (secondary N) is 2. The van der Waals surface area contributed by atoms with Crippen LogP contribution in [0.25, 0.3) is 0 Å². The number of anilines is 1. The van der Waals surface area contributed by atoms with Gasteiger partial charge in [-0.25, -0.2) is 0 Å². The molecule has 0 amide bonds. The largest absolute Gasteiger partial charge is 0.359 e. The molecule has 2 rings (SSSR count). The van der Waals surface area contributed by atoms with Gasteiger partial charge in [0.05, 0.1) is 0 Å². The number of benzene rings is 1. The quantitative estimate of drug-likeness (QED) is 0.789. The molecule has 2 N–H and O–H groups in total. The molecular weight excluding hydrogens is 264 g/mol. The second kappa shape index (κ2) is 6.57. The summed E-state index contributed by atoms with van der Waals surface area (Å²) in [7, 11) is 0. The van der Waals surface area contributed by atoms with Crippen molar-refractivity contribution in [1.82, 2.24) is 5.32 Å². The molecule has 1 aliphatic rings. The molecule has 0 radical (unpaired) electrons. The number of hydrogen-bond donors (Lipinski definition) is 2. The average Bonchev–Trinajstić information content (AvgIpc) is 2.33. The Hall–Kier alpha value is -1.09. The van der Waals surface area contributed by atoms with Gasteiger partial charge in [-0.2, -0.15) is 0 Å². The molecule has 0 saturated heterocycles. The smallest absolute Gasteiger partial charge is 0.171 e. The van der Waals surface area contributed by atoms with E-state index in [0.29, 0.717) is 12.0 Å². The third-order valence-corrected chi connectivity index (χ3v) is 4.72. The van der Waals surface area contributed by atoms with Crippen LogP contribution >= 0.6 is 12.2 Å². The maximum atomic E-state index is 5.47. The number of hydrogen-bond acceptors (Lipinski definition) is 1. The van der Waals surface area contributed by atoms with E-state index in [2.05, 4.69) is 56.5 Å². The summed E-state index contributed by atoms with van der Waals surface area (Å²) in [6.45, 7) is 8.90. The minimum absolute atomic E-state index is 0.504. The van der Waals surface area contributed by atoms with Crippen LogP contribution in [0.2, 0.25) is 0 Å². The van der Waals surface area contributed by atoms with Crippen molar-refractivity contribution in [2.24, 2.45) is 11.8 Å². The van der Waals surface area contributed by atoms with Crippen molar-refractivity contribution in [1.29, 1.82) is 0 Å². The Labute approximate surface area is 128 Å². The Morgan fingerprint density at radius 3 is 2.40 bits per heavy atom. The summed E-state index contributed by atoms with van der Waals surface area (Å²) in [6.07, 6.45) is 3.87. The first-order valence-electron chi connectivity index (χ1n) is 7.61. The maximum absolute atomic E-state index is 5.47. The Bertz CT molecular complexity index is 464. The number of thiocarbonyl (C=S) groups is 1. The van der Waals surface area contributed by atoms with Crippen LogP contribution < -0.4 is 10.6 Å². The minimum Gasteiger partial charge on any atom is -0.359 e. The summed E-state index contributed by atoms with van der Waals surface area (Å²) < 4.78 is 0. The lowest BCUT2D eigenvalue weighted by molar-refractivity contribution is 0.225. The van der Waals surface area contributed by atoms with Crippen LogP contribution in [0.4, 0.5) is 5.69 Å². The molecule has 3 heteroatoms. The standard InChI is InChI=1S/C17H26N2S/c1-11-8-12(2)10-15(9-11)18-17(20)19-16-7-5-6-13(3)14(16)4/h8-10,13-14,16H,5-7H2,1-4H3,(H2,18,19,20)/t13-,14+,16+/m0/s1. The van der Waals surface area contributed by atoms with Gasteiger partial charge in [0, 0.05) is 11.7 Å². The van der Waals surface area contributed by atoms with Gasteiger partial charge in [0.15, 0.2) is 5.11 Å². The summed E-state index contributed by atoms with van der Waals surface area (Å²) in [4.78, 5) is 0. The molecule has 1 aliphatic carbocycles. The molecule has 20 heavy (non-hydrogen) atoms. The average molecular weight is 290 g/mol. The first-order chi connectivity index (χ1) is 9.45. The predicted molar refractivity (Wildman–Crippen MR) is 91.2 cm³/mol. The van der Waals surface area contributed by atoms with E-state index in [1.54, 1.807) is 0 Å². The van der Waals surface area contributed by atoms with E-state index in [0.717, 1.165) is 16.7 Å². The molecule has 0 unspecified atom stereocenters. The van der Waals surface area contributed by atoms with E-state index >= 15 is 0 Å². The zero-order valence-corrected chi connectivity index (χ0v) is 13.8. The Kier molecular flexibility index (Phi) is 5.03. The number of aryl methyl sites for hydroxylation is 2. The van der Waals surface area contributed by atoms with Crippen LogP contribution in [0.1, 0.15) is 44.2 Å². The molecule has 2 nitrogen and oxygen atoms in total. The van der Waals surface area contributed by atoms with Gasteiger partial charge in [0.25, 0.3) is 0 Å². The zero-order valence-electron chi connectivity index (χ0n) is 13.0. The second-order valence-electron chi connectivity index (χ2n) is 6.35. The van der Waals surface area contributed by atoms with Gasteiger partial charge in [-0.1, -0.05) is 32.8 Å². The van der Waals surface area contributed by atoms with E-state index in [1.807, 2.05) is 0 Å². The fraction of sp³-hybridized carbons (Fsp3) is 0.588. The lowest BCUT2D eigenvalue weighted by Gasteiger charge is -2.35. The fourth-order valence-corrected chi connectivity index (χ4v) is 3.44. The molecule has 0 aliphatic heterocycles. The lowest BCUT2D eigenvalue weighted by atomic mass is 9.78. The van der Waals surface area contributed by atoms with Gasteiger partial charge in [-0.3, -0.25) is 0 Å². The third kappa shape index (κ3) is 3.95. The minimum atomic E-state index is 0.504. The fourth-order valence-electron chi connectivity index (χ4n) is 3.17. The van der Waals surface area contributed by atoms with Crippen LogP contribution in [0.3, 0.4) is 0 Å². The Balaban J connectivity index is 1.95. The second-order valence-corrected chi connectivity index (χ2v) is 6.76. The van der Waals surface area contributed by atoms with Crippen molar-refractivity contribution >= 4 is 23.0 Å². The van der Waals surface area contributed by atoms with Gasteiger partial charge in [0.1, 0.15) is 0 Å². The number of rotatable bonds is 2. The molecule has 1 aromatic rings. The predicted octanol–water partition coefficient (Wildman–Crippen LogP) is 4.41. The maximum Gasteiger partial charge on any atom is 0.171 e.